The van der Waals surface area contributed by atoms with Gasteiger partial charge in [0.05, 0.1) is 55.6 Å². The number of aliphatic hydroxyl groups excluding tert-OH is 2. The first-order valence-electron chi connectivity index (χ1n) is 18.2. The Balaban J connectivity index is 1.13. The third-order valence-electron chi connectivity index (χ3n) is 10.1. The molecule has 4 unspecified atom stereocenters. The predicted molar refractivity (Wildman–Crippen MR) is 197 cm³/mol. The van der Waals surface area contributed by atoms with Gasteiger partial charge in [0.1, 0.15) is 29.2 Å². The number of aromatic nitrogens is 4. The van der Waals surface area contributed by atoms with Crippen LogP contribution in [0.3, 0.4) is 0 Å². The molecule has 4 aromatic rings. The topological polar surface area (TPSA) is 195 Å². The average Bonchev–Trinajstić information content (AvgIpc) is 3.91. The molecule has 0 aliphatic carbocycles. The number of rotatable bonds is 13. The fraction of sp³-hybridized carbons (Fsp3) is 0.462. The SMILES string of the molecule is COC(=O)NC(C(=O)N1CCCC1c1ncc(-c2ccc3c(c2)C(C)(C)c2ccc(-c4cnc(CCCCNC(=O)CC(C)O)[nH]4)cc2O3)[nH]1)C(C)O. The van der Waals surface area contributed by atoms with E-state index >= 15 is 0 Å². The molecular formula is C39H49N7O7. The van der Waals surface area contributed by atoms with E-state index in [-0.39, 0.29) is 23.8 Å². The first-order valence-corrected chi connectivity index (χ1v) is 18.2. The van der Waals surface area contributed by atoms with E-state index in [9.17, 15) is 24.6 Å². The lowest BCUT2D eigenvalue weighted by Gasteiger charge is -2.35. The van der Waals surface area contributed by atoms with Gasteiger partial charge in [-0.05, 0) is 63.8 Å². The van der Waals surface area contributed by atoms with Crippen LogP contribution in [0.4, 0.5) is 4.79 Å². The second-order valence-electron chi connectivity index (χ2n) is 14.5. The number of alkyl carbamates (subject to hydrolysis) is 1. The molecule has 1 fully saturated rings. The zero-order chi connectivity index (χ0) is 37.9. The van der Waals surface area contributed by atoms with Gasteiger partial charge in [-0.3, -0.25) is 9.59 Å². The molecule has 3 amide bonds. The van der Waals surface area contributed by atoms with Crippen LogP contribution in [-0.2, 0) is 26.2 Å². The van der Waals surface area contributed by atoms with E-state index in [0.717, 1.165) is 76.6 Å². The van der Waals surface area contributed by atoms with E-state index in [0.29, 0.717) is 25.3 Å². The maximum Gasteiger partial charge on any atom is 0.407 e. The Hall–Kier alpha value is -5.21. The fourth-order valence-corrected chi connectivity index (χ4v) is 7.17. The maximum absolute atomic E-state index is 13.5. The second kappa shape index (κ2) is 15.8. The minimum absolute atomic E-state index is 0.113. The Kier molecular flexibility index (Phi) is 11.2. The number of fused-ring (bicyclic) bond motifs is 2. The number of likely N-dealkylation sites (tertiary alicyclic amines) is 1. The number of imidazole rings is 2. The predicted octanol–water partition coefficient (Wildman–Crippen LogP) is 4.88. The number of amides is 3. The largest absolute Gasteiger partial charge is 0.457 e. The molecule has 4 heterocycles. The van der Waals surface area contributed by atoms with Gasteiger partial charge >= 0.3 is 6.09 Å². The van der Waals surface area contributed by atoms with Crippen LogP contribution in [0.2, 0.25) is 0 Å². The van der Waals surface area contributed by atoms with E-state index in [4.69, 9.17) is 4.74 Å². The molecule has 2 aliphatic rings. The molecule has 0 bridgehead atoms. The lowest BCUT2D eigenvalue weighted by molar-refractivity contribution is -0.137. The Morgan fingerprint density at radius 2 is 1.74 bits per heavy atom. The minimum atomic E-state index is -1.14. The normalized spacial score (nSPS) is 17.6. The Morgan fingerprint density at radius 1 is 1.00 bits per heavy atom. The second-order valence-corrected chi connectivity index (χ2v) is 14.5. The van der Waals surface area contributed by atoms with Gasteiger partial charge in [-0.2, -0.15) is 0 Å². The molecule has 6 N–H and O–H groups in total. The zero-order valence-electron chi connectivity index (χ0n) is 30.9. The van der Waals surface area contributed by atoms with Gasteiger partial charge < -0.3 is 45.2 Å². The van der Waals surface area contributed by atoms with Crippen LogP contribution < -0.4 is 15.4 Å². The zero-order valence-corrected chi connectivity index (χ0v) is 30.9. The lowest BCUT2D eigenvalue weighted by atomic mass is 9.75. The highest BCUT2D eigenvalue weighted by Gasteiger charge is 2.39. The lowest BCUT2D eigenvalue weighted by Crippen LogP contribution is -2.53. The van der Waals surface area contributed by atoms with Gasteiger partial charge in [-0.15, -0.1) is 0 Å². The van der Waals surface area contributed by atoms with Crippen molar-refractivity contribution >= 4 is 17.9 Å². The number of carbonyl (C=O) groups excluding carboxylic acids is 3. The number of carbonyl (C=O) groups is 3. The van der Waals surface area contributed by atoms with Crippen LogP contribution in [0.5, 0.6) is 11.5 Å². The number of aromatic amines is 2. The van der Waals surface area contributed by atoms with Crippen molar-refractivity contribution in [2.24, 2.45) is 0 Å². The number of aryl methyl sites for hydroxylation is 1. The first kappa shape index (κ1) is 37.5. The van der Waals surface area contributed by atoms with Crippen molar-refractivity contribution in [1.82, 2.24) is 35.5 Å². The summed E-state index contributed by atoms with van der Waals surface area (Å²) in [6.45, 7) is 8.46. The molecule has 1 saturated heterocycles. The number of ether oxygens (including phenoxy) is 2. The number of methoxy groups -OCH3 is 1. The highest BCUT2D eigenvalue weighted by atomic mass is 16.5. The summed E-state index contributed by atoms with van der Waals surface area (Å²) in [7, 11) is 1.21. The van der Waals surface area contributed by atoms with E-state index < -0.39 is 30.3 Å². The molecule has 0 radical (unpaired) electrons. The first-order chi connectivity index (χ1) is 25.3. The summed E-state index contributed by atoms with van der Waals surface area (Å²) in [4.78, 5) is 54.8. The highest BCUT2D eigenvalue weighted by molar-refractivity contribution is 5.86. The van der Waals surface area contributed by atoms with Crippen LogP contribution in [0.15, 0.2) is 48.8 Å². The number of H-pyrrole nitrogens is 2. The van der Waals surface area contributed by atoms with Gasteiger partial charge in [0.2, 0.25) is 11.8 Å². The number of hydrogen-bond acceptors (Lipinski definition) is 9. The summed E-state index contributed by atoms with van der Waals surface area (Å²) < 4.78 is 11.2. The fourth-order valence-electron chi connectivity index (χ4n) is 7.17. The third kappa shape index (κ3) is 8.23. The molecule has 0 saturated carbocycles. The number of hydrogen-bond donors (Lipinski definition) is 6. The van der Waals surface area contributed by atoms with Gasteiger partial charge in [0.25, 0.3) is 0 Å². The van der Waals surface area contributed by atoms with E-state index in [1.165, 1.54) is 14.0 Å². The Morgan fingerprint density at radius 3 is 2.49 bits per heavy atom. The number of nitrogens with one attached hydrogen (secondary N) is 4. The van der Waals surface area contributed by atoms with Gasteiger partial charge in [-0.25, -0.2) is 14.8 Å². The molecule has 4 atom stereocenters. The van der Waals surface area contributed by atoms with Crippen LogP contribution >= 0.6 is 0 Å². The number of unbranched alkanes of at least 4 members (excludes halogenated alkanes) is 1. The van der Waals surface area contributed by atoms with E-state index in [2.05, 4.69) is 67.4 Å². The molecule has 14 nitrogen and oxygen atoms in total. The van der Waals surface area contributed by atoms with Crippen molar-refractivity contribution in [2.45, 2.75) is 95.9 Å². The Bertz CT molecular complexity index is 1950. The molecular weight excluding hydrogens is 678 g/mol. The average molecular weight is 728 g/mol. The standard InChI is InChI=1S/C39H49N7O7/c1-22(47)17-34(49)40-15-7-6-10-33-41-20-28(43-33)25-11-13-26-32(19-25)53-31-14-12-24(18-27(31)39(26,3)4)29-21-42-36(44-29)30-9-8-16-46(30)37(50)35(23(2)48)45-38(51)52-5/h11-14,18-23,30,35,47-48H,6-10,15-17H2,1-5H3,(H,40,49)(H,41,43)(H,42,44)(H,45,51). The van der Waals surface area contributed by atoms with Crippen molar-refractivity contribution < 1.29 is 34.1 Å². The van der Waals surface area contributed by atoms with Gasteiger partial charge in [0.15, 0.2) is 0 Å². The summed E-state index contributed by atoms with van der Waals surface area (Å²) in [5.74, 6) is 2.53. The van der Waals surface area contributed by atoms with Crippen molar-refractivity contribution in [3.8, 4) is 34.0 Å². The molecule has 6 rings (SSSR count). The van der Waals surface area contributed by atoms with Crippen molar-refractivity contribution in [2.75, 3.05) is 20.2 Å². The summed E-state index contributed by atoms with van der Waals surface area (Å²) >= 11 is 0. The van der Waals surface area contributed by atoms with Crippen LogP contribution in [0.1, 0.15) is 88.6 Å². The quantitative estimate of drug-likeness (QED) is 0.104. The molecule has 2 aromatic carbocycles. The molecule has 2 aliphatic heterocycles. The molecule has 14 heteroatoms. The summed E-state index contributed by atoms with van der Waals surface area (Å²) in [6, 6.07) is 10.8. The monoisotopic (exact) mass is 727 g/mol. The van der Waals surface area contributed by atoms with Crippen LogP contribution in [-0.4, -0.2) is 91.4 Å². The summed E-state index contributed by atoms with van der Waals surface area (Å²) in [5.41, 5.74) is 5.31. The maximum atomic E-state index is 13.5. The van der Waals surface area contributed by atoms with Crippen molar-refractivity contribution in [1.29, 1.82) is 0 Å². The van der Waals surface area contributed by atoms with E-state index in [1.807, 2.05) is 24.4 Å². The van der Waals surface area contributed by atoms with Crippen LogP contribution in [0.25, 0.3) is 22.5 Å². The molecule has 2 aromatic heterocycles. The summed E-state index contributed by atoms with van der Waals surface area (Å²) in [5, 5.41) is 24.9. The van der Waals surface area contributed by atoms with E-state index in [1.54, 1.807) is 18.0 Å². The Labute approximate surface area is 308 Å². The van der Waals surface area contributed by atoms with Crippen LogP contribution in [0, 0.1) is 0 Å². The number of nitrogens with zero attached hydrogens (tertiary/aromatic N) is 3. The van der Waals surface area contributed by atoms with Gasteiger partial charge in [-0.1, -0.05) is 26.0 Å². The number of aliphatic hydroxyl groups is 2. The van der Waals surface area contributed by atoms with Crippen molar-refractivity contribution in [3.63, 3.8) is 0 Å². The summed E-state index contributed by atoms with van der Waals surface area (Å²) in [6.07, 6.45) is 5.07. The van der Waals surface area contributed by atoms with Gasteiger partial charge in [0, 0.05) is 47.2 Å². The number of benzene rings is 2. The highest BCUT2D eigenvalue weighted by Crippen LogP contribution is 2.49. The smallest absolute Gasteiger partial charge is 0.407 e. The molecule has 53 heavy (non-hydrogen) atoms. The third-order valence-corrected chi connectivity index (χ3v) is 10.1. The minimum Gasteiger partial charge on any atom is -0.457 e. The molecule has 0 spiro atoms. The van der Waals surface area contributed by atoms with Crippen molar-refractivity contribution in [3.05, 3.63) is 71.6 Å². The molecule has 282 valence electrons.